The highest BCUT2D eigenvalue weighted by molar-refractivity contribution is 7.26. The standard InChI is InChI=1S/C43H31NS.C5H10.C3H8/c1-43(2)37-21-10-8-18-36(37)41-34-17-7-6-15-32(34)39(27-38(41)43)44(29-13-4-3-5-14-29)30-25-23-28(24-26-30)31-19-12-20-35-33-16-9-11-22-40(33)45-42(31)35;1-3-5-4-2;1-3-2/h3-27H,1-2H3;3,5H,4H2,1-2H3;3H2,1-2H3/b;5-3-;. The predicted octanol–water partition coefficient (Wildman–Crippen LogP) is 16.0. The molecule has 0 N–H and O–H groups in total. The zero-order valence-corrected chi connectivity index (χ0v) is 32.7. The molecule has 1 heterocycles. The molecule has 0 bridgehead atoms. The zero-order valence-electron chi connectivity index (χ0n) is 31.9. The van der Waals surface area contributed by atoms with Crippen LogP contribution in [0.1, 0.15) is 65.5 Å². The zero-order chi connectivity index (χ0) is 37.0. The quantitative estimate of drug-likeness (QED) is 0.161. The summed E-state index contributed by atoms with van der Waals surface area (Å²) in [5, 5.41) is 5.22. The lowest BCUT2D eigenvalue weighted by molar-refractivity contribution is 0.661. The van der Waals surface area contributed by atoms with Gasteiger partial charge in [-0.25, -0.2) is 0 Å². The average Bonchev–Trinajstić information content (AvgIpc) is 3.69. The predicted molar refractivity (Wildman–Crippen MR) is 236 cm³/mol. The SMILES string of the molecule is C/C=C\CC.CC1(C)c2ccccc2-c2c1cc(N(c1ccccc1)c1ccc(-c3cccc4c3sc3ccccc34)cc1)c1ccccc21.CCC. The van der Waals surface area contributed by atoms with Gasteiger partial charge in [0.2, 0.25) is 0 Å². The Morgan fingerprint density at radius 3 is 1.85 bits per heavy atom. The van der Waals surface area contributed by atoms with Gasteiger partial charge < -0.3 is 4.90 Å². The first-order chi connectivity index (χ1) is 25.9. The minimum Gasteiger partial charge on any atom is -0.310 e. The third-order valence-corrected chi connectivity index (χ3v) is 11.4. The third kappa shape index (κ3) is 6.69. The number of hydrogen-bond acceptors (Lipinski definition) is 2. The van der Waals surface area contributed by atoms with Crippen LogP contribution in [-0.2, 0) is 5.41 Å². The minimum absolute atomic E-state index is 0.0974. The van der Waals surface area contributed by atoms with Gasteiger partial charge in [0.25, 0.3) is 0 Å². The second kappa shape index (κ2) is 15.7. The van der Waals surface area contributed by atoms with E-state index in [2.05, 4.69) is 203 Å². The van der Waals surface area contributed by atoms with Crippen molar-refractivity contribution in [2.75, 3.05) is 4.90 Å². The van der Waals surface area contributed by atoms with E-state index >= 15 is 0 Å². The van der Waals surface area contributed by atoms with E-state index < -0.39 is 0 Å². The van der Waals surface area contributed by atoms with Gasteiger partial charge in [-0.05, 0) is 88.5 Å². The third-order valence-electron chi connectivity index (χ3n) is 10.1. The van der Waals surface area contributed by atoms with Gasteiger partial charge in [0, 0.05) is 42.3 Å². The summed E-state index contributed by atoms with van der Waals surface area (Å²) < 4.78 is 2.68. The molecule has 1 nitrogen and oxygen atoms in total. The number of nitrogens with zero attached hydrogens (tertiary/aromatic N) is 1. The van der Waals surface area contributed by atoms with Crippen LogP contribution in [0.4, 0.5) is 17.1 Å². The van der Waals surface area contributed by atoms with Gasteiger partial charge in [-0.2, -0.15) is 0 Å². The van der Waals surface area contributed by atoms with E-state index in [1.807, 2.05) is 18.3 Å². The molecule has 0 unspecified atom stereocenters. The number of fused-ring (bicyclic) bond motifs is 8. The van der Waals surface area contributed by atoms with Crippen LogP contribution in [0.2, 0.25) is 0 Å². The molecule has 0 radical (unpaired) electrons. The monoisotopic (exact) mass is 707 g/mol. The molecule has 53 heavy (non-hydrogen) atoms. The fraction of sp³-hybridized carbons (Fsp3) is 0.176. The lowest BCUT2D eigenvalue weighted by Gasteiger charge is -2.30. The van der Waals surface area contributed by atoms with Crippen LogP contribution in [0.15, 0.2) is 164 Å². The maximum absolute atomic E-state index is 2.45. The molecule has 8 aromatic rings. The van der Waals surface area contributed by atoms with Crippen molar-refractivity contribution in [3.05, 3.63) is 175 Å². The van der Waals surface area contributed by atoms with Crippen molar-refractivity contribution in [3.8, 4) is 22.3 Å². The fourth-order valence-electron chi connectivity index (χ4n) is 7.72. The van der Waals surface area contributed by atoms with Crippen LogP contribution in [0.25, 0.3) is 53.2 Å². The maximum atomic E-state index is 2.45. The summed E-state index contributed by atoms with van der Waals surface area (Å²) >= 11 is 1.88. The summed E-state index contributed by atoms with van der Waals surface area (Å²) in [6, 6.07) is 55.7. The van der Waals surface area contributed by atoms with E-state index in [0.29, 0.717) is 0 Å². The summed E-state index contributed by atoms with van der Waals surface area (Å²) in [5.74, 6) is 0. The molecule has 0 saturated carbocycles. The highest BCUT2D eigenvalue weighted by Gasteiger charge is 2.37. The molecule has 1 aliphatic carbocycles. The van der Waals surface area contributed by atoms with Gasteiger partial charge in [0.15, 0.2) is 0 Å². The molecule has 0 fully saturated rings. The van der Waals surface area contributed by atoms with Crippen molar-refractivity contribution in [2.24, 2.45) is 0 Å². The first-order valence-electron chi connectivity index (χ1n) is 19.1. The summed E-state index contributed by atoms with van der Waals surface area (Å²) in [6.07, 6.45) is 6.59. The normalized spacial score (nSPS) is 12.6. The molecule has 0 saturated heterocycles. The van der Waals surface area contributed by atoms with E-state index in [1.165, 1.54) is 76.4 Å². The molecular formula is C51H49NS. The number of allylic oxidation sites excluding steroid dienone is 2. The second-order valence-electron chi connectivity index (χ2n) is 14.2. The number of anilines is 3. The van der Waals surface area contributed by atoms with E-state index in [9.17, 15) is 0 Å². The molecule has 7 aromatic carbocycles. The van der Waals surface area contributed by atoms with Gasteiger partial charge in [-0.3, -0.25) is 0 Å². The lowest BCUT2D eigenvalue weighted by atomic mass is 9.81. The van der Waals surface area contributed by atoms with Crippen LogP contribution in [-0.4, -0.2) is 0 Å². The van der Waals surface area contributed by atoms with Crippen LogP contribution >= 0.6 is 11.3 Å². The van der Waals surface area contributed by atoms with E-state index in [-0.39, 0.29) is 5.41 Å². The van der Waals surface area contributed by atoms with Gasteiger partial charge in [-0.1, -0.05) is 168 Å². The molecule has 9 rings (SSSR count). The number of benzene rings is 7. The highest BCUT2D eigenvalue weighted by Crippen LogP contribution is 2.54. The van der Waals surface area contributed by atoms with Crippen molar-refractivity contribution >= 4 is 59.3 Å². The molecule has 0 atom stereocenters. The average molecular weight is 708 g/mol. The lowest BCUT2D eigenvalue weighted by Crippen LogP contribution is -2.17. The molecule has 0 amide bonds. The highest BCUT2D eigenvalue weighted by atomic mass is 32.1. The molecular weight excluding hydrogens is 659 g/mol. The number of rotatable bonds is 5. The Hall–Kier alpha value is -5.44. The number of thiophene rings is 1. The van der Waals surface area contributed by atoms with Crippen molar-refractivity contribution in [1.82, 2.24) is 0 Å². The molecule has 0 aliphatic heterocycles. The topological polar surface area (TPSA) is 3.24 Å². The minimum atomic E-state index is -0.0974. The van der Waals surface area contributed by atoms with Crippen LogP contribution < -0.4 is 4.90 Å². The number of hydrogen-bond donors (Lipinski definition) is 0. The van der Waals surface area contributed by atoms with Crippen molar-refractivity contribution < 1.29 is 0 Å². The van der Waals surface area contributed by atoms with Gasteiger partial charge >= 0.3 is 0 Å². The Morgan fingerprint density at radius 2 is 1.15 bits per heavy atom. The van der Waals surface area contributed by atoms with E-state index in [0.717, 1.165) is 17.8 Å². The van der Waals surface area contributed by atoms with Gasteiger partial charge in [-0.15, -0.1) is 11.3 Å². The summed E-state index contributed by atoms with van der Waals surface area (Å²) in [6.45, 7) is 13.1. The Kier molecular flexibility index (Phi) is 10.6. The van der Waals surface area contributed by atoms with Gasteiger partial charge in [0.1, 0.15) is 0 Å². The molecule has 0 spiro atoms. The number of para-hydroxylation sites is 1. The van der Waals surface area contributed by atoms with Crippen molar-refractivity contribution in [1.29, 1.82) is 0 Å². The molecule has 264 valence electrons. The summed E-state index contributed by atoms with van der Waals surface area (Å²) in [4.78, 5) is 2.44. The van der Waals surface area contributed by atoms with E-state index in [4.69, 9.17) is 0 Å². The first-order valence-corrected chi connectivity index (χ1v) is 19.9. The Balaban J connectivity index is 0.000000498. The molecule has 2 heteroatoms. The Morgan fingerprint density at radius 1 is 0.566 bits per heavy atom. The van der Waals surface area contributed by atoms with Crippen molar-refractivity contribution in [2.45, 2.75) is 59.8 Å². The van der Waals surface area contributed by atoms with Crippen molar-refractivity contribution in [3.63, 3.8) is 0 Å². The molecule has 1 aromatic heterocycles. The van der Waals surface area contributed by atoms with Crippen LogP contribution in [0.5, 0.6) is 0 Å². The summed E-state index contributed by atoms with van der Waals surface area (Å²) in [7, 11) is 0. The first kappa shape index (κ1) is 35.9. The maximum Gasteiger partial charge on any atom is 0.0543 e. The van der Waals surface area contributed by atoms with Gasteiger partial charge in [0.05, 0.1) is 5.69 Å². The van der Waals surface area contributed by atoms with Crippen LogP contribution in [0.3, 0.4) is 0 Å². The second-order valence-corrected chi connectivity index (χ2v) is 15.3. The fourth-order valence-corrected chi connectivity index (χ4v) is 8.96. The van der Waals surface area contributed by atoms with E-state index in [1.54, 1.807) is 0 Å². The Labute approximate surface area is 319 Å². The largest absolute Gasteiger partial charge is 0.310 e. The smallest absolute Gasteiger partial charge is 0.0543 e. The Bertz CT molecular complexity index is 2520. The molecule has 1 aliphatic rings. The van der Waals surface area contributed by atoms with Crippen LogP contribution in [0, 0.1) is 0 Å². The summed E-state index contributed by atoms with van der Waals surface area (Å²) in [5.41, 5.74) is 11.4.